The van der Waals surface area contributed by atoms with E-state index in [0.717, 1.165) is 40.9 Å². The Labute approximate surface area is 227 Å². The zero-order valence-electron chi connectivity index (χ0n) is 21.2. The molecule has 0 radical (unpaired) electrons. The lowest BCUT2D eigenvalue weighted by molar-refractivity contribution is -0.124. The van der Waals surface area contributed by atoms with E-state index in [4.69, 9.17) is 19.2 Å². The molecule has 4 aromatic rings. The Bertz CT molecular complexity index is 1610. The van der Waals surface area contributed by atoms with Crippen LogP contribution in [-0.4, -0.2) is 59.8 Å². The number of halogens is 2. The van der Waals surface area contributed by atoms with E-state index < -0.39 is 23.0 Å². The first-order valence-electron chi connectivity index (χ1n) is 12.7. The molecule has 11 heteroatoms. The van der Waals surface area contributed by atoms with Crippen LogP contribution >= 0.6 is 11.3 Å². The molecule has 3 aliphatic rings. The molecule has 1 atom stereocenters. The van der Waals surface area contributed by atoms with Gasteiger partial charge in [0.15, 0.2) is 17.4 Å². The summed E-state index contributed by atoms with van der Waals surface area (Å²) >= 11 is 1.43. The number of methoxy groups -OCH3 is 1. The molecule has 1 aromatic carbocycles. The van der Waals surface area contributed by atoms with Crippen molar-refractivity contribution in [3.8, 4) is 33.5 Å². The lowest BCUT2D eigenvalue weighted by Crippen LogP contribution is -2.50. The second kappa shape index (κ2) is 9.06. The maximum absolute atomic E-state index is 15.0. The topological polar surface area (TPSA) is 96.3 Å². The molecule has 0 bridgehead atoms. The fourth-order valence-electron chi connectivity index (χ4n) is 6.42. The number of thiazole rings is 1. The molecule has 8 nitrogen and oxygen atoms in total. The van der Waals surface area contributed by atoms with E-state index >= 15 is 0 Å². The van der Waals surface area contributed by atoms with Crippen LogP contribution in [0.1, 0.15) is 24.0 Å². The fraction of sp³-hybridized carbons (Fsp3) is 0.393. The Kier molecular flexibility index (Phi) is 5.72. The molecule has 0 amide bonds. The summed E-state index contributed by atoms with van der Waals surface area (Å²) < 4.78 is 46.9. The standard InChI is InChI=1S/C28H25F2N5O3S/c1-36-25-18(29)6-16(7-19(25)30)21-22-23-17(8-33-26(22)34-24(21)20-9-32-15-39-20)10-38-28(23)3-5-35(12-28)11-27(2-4-31)13-37-14-27/h6-9,15H,2-3,5,10-14H2,1H3,(H,33,34). The molecule has 0 aliphatic carbocycles. The predicted molar refractivity (Wildman–Crippen MR) is 140 cm³/mol. The third kappa shape index (κ3) is 3.77. The average Bonchev–Trinajstić information content (AvgIpc) is 3.69. The van der Waals surface area contributed by atoms with Crippen LogP contribution in [0.3, 0.4) is 0 Å². The van der Waals surface area contributed by atoms with E-state index in [9.17, 15) is 14.0 Å². The van der Waals surface area contributed by atoms with Crippen molar-refractivity contribution in [1.29, 1.82) is 5.26 Å². The number of ether oxygens (including phenoxy) is 3. The van der Waals surface area contributed by atoms with Gasteiger partial charge in [-0.15, -0.1) is 11.3 Å². The van der Waals surface area contributed by atoms with E-state index in [1.165, 1.54) is 30.6 Å². The molecule has 0 saturated carbocycles. The second-order valence-electron chi connectivity index (χ2n) is 10.7. The van der Waals surface area contributed by atoms with Crippen LogP contribution in [0, 0.1) is 28.4 Å². The molecule has 7 rings (SSSR count). The SMILES string of the molecule is COc1c(F)cc(-c2c(-c3cncs3)[nH]c3ncc4c(c23)C2(CCN(CC3(CC#N)COC3)C2)OC4)cc1F. The summed E-state index contributed by atoms with van der Waals surface area (Å²) in [6, 6.07) is 4.93. The number of nitriles is 1. The molecule has 3 aliphatic heterocycles. The highest BCUT2D eigenvalue weighted by molar-refractivity contribution is 7.13. The van der Waals surface area contributed by atoms with Crippen LogP contribution in [0.5, 0.6) is 5.75 Å². The summed E-state index contributed by atoms with van der Waals surface area (Å²) in [5, 5.41) is 10.2. The minimum absolute atomic E-state index is 0.147. The van der Waals surface area contributed by atoms with Gasteiger partial charge in [0.1, 0.15) is 11.2 Å². The van der Waals surface area contributed by atoms with Crippen molar-refractivity contribution in [3.05, 3.63) is 52.8 Å². The minimum atomic E-state index is -0.777. The number of likely N-dealkylation sites (tertiary alicyclic amines) is 1. The smallest absolute Gasteiger partial charge is 0.190 e. The van der Waals surface area contributed by atoms with Gasteiger partial charge in [-0.05, 0) is 24.1 Å². The maximum atomic E-state index is 15.0. The molecule has 6 heterocycles. The van der Waals surface area contributed by atoms with E-state index in [-0.39, 0.29) is 5.41 Å². The van der Waals surface area contributed by atoms with Crippen molar-refractivity contribution >= 4 is 22.4 Å². The highest BCUT2D eigenvalue weighted by Gasteiger charge is 2.50. The van der Waals surface area contributed by atoms with Gasteiger partial charge >= 0.3 is 0 Å². The van der Waals surface area contributed by atoms with Gasteiger partial charge in [-0.1, -0.05) is 0 Å². The zero-order valence-corrected chi connectivity index (χ0v) is 22.0. The summed E-state index contributed by atoms with van der Waals surface area (Å²) in [4.78, 5) is 15.5. The number of hydrogen-bond acceptors (Lipinski definition) is 8. The van der Waals surface area contributed by atoms with E-state index in [1.807, 2.05) is 6.20 Å². The molecule has 1 N–H and O–H groups in total. The number of pyridine rings is 1. The van der Waals surface area contributed by atoms with Crippen LogP contribution in [0.25, 0.3) is 32.7 Å². The van der Waals surface area contributed by atoms with Gasteiger partial charge in [-0.2, -0.15) is 5.26 Å². The molecule has 3 aromatic heterocycles. The summed E-state index contributed by atoms with van der Waals surface area (Å²) in [6.45, 7) is 3.80. The van der Waals surface area contributed by atoms with Crippen LogP contribution in [-0.2, 0) is 21.7 Å². The van der Waals surface area contributed by atoms with Crippen molar-refractivity contribution < 1.29 is 23.0 Å². The van der Waals surface area contributed by atoms with Crippen LogP contribution in [0.2, 0.25) is 0 Å². The number of benzene rings is 1. The third-order valence-corrected chi connectivity index (χ3v) is 8.96. The van der Waals surface area contributed by atoms with E-state index in [2.05, 4.69) is 20.9 Å². The second-order valence-corrected chi connectivity index (χ2v) is 11.6. The number of H-pyrrole nitrogens is 1. The van der Waals surface area contributed by atoms with Crippen LogP contribution in [0.15, 0.2) is 30.0 Å². The van der Waals surface area contributed by atoms with Crippen molar-refractivity contribution in [2.24, 2.45) is 5.41 Å². The number of nitrogens with one attached hydrogen (secondary N) is 1. The van der Waals surface area contributed by atoms with E-state index in [0.29, 0.717) is 55.3 Å². The number of nitrogens with zero attached hydrogens (tertiary/aromatic N) is 4. The summed E-state index contributed by atoms with van der Waals surface area (Å²) in [6.07, 6.45) is 4.78. The van der Waals surface area contributed by atoms with Crippen LogP contribution < -0.4 is 4.74 Å². The molecule has 200 valence electrons. The van der Waals surface area contributed by atoms with Gasteiger partial charge < -0.3 is 19.2 Å². The first kappa shape index (κ1) is 24.6. The summed E-state index contributed by atoms with van der Waals surface area (Å²) in [7, 11) is 1.25. The number of aromatic amines is 1. The summed E-state index contributed by atoms with van der Waals surface area (Å²) in [5.74, 6) is -1.97. The Morgan fingerprint density at radius 2 is 2.08 bits per heavy atom. The zero-order chi connectivity index (χ0) is 26.8. The first-order valence-corrected chi connectivity index (χ1v) is 13.6. The van der Waals surface area contributed by atoms with Gasteiger partial charge in [-0.3, -0.25) is 9.88 Å². The molecule has 1 unspecified atom stereocenters. The number of aromatic nitrogens is 3. The Balaban J connectivity index is 1.39. The van der Waals surface area contributed by atoms with Crippen molar-refractivity contribution in [2.75, 3.05) is 40.0 Å². The molecular formula is C28H25F2N5O3S. The van der Waals surface area contributed by atoms with Crippen molar-refractivity contribution in [1.82, 2.24) is 19.9 Å². The largest absolute Gasteiger partial charge is 0.491 e. The monoisotopic (exact) mass is 549 g/mol. The number of fused-ring (bicyclic) bond motifs is 4. The van der Waals surface area contributed by atoms with Gasteiger partial charge in [0.05, 0.1) is 49.1 Å². The molecule has 2 fully saturated rings. The number of hydrogen-bond donors (Lipinski definition) is 1. The quantitative estimate of drug-likeness (QED) is 0.362. The Morgan fingerprint density at radius 1 is 1.26 bits per heavy atom. The minimum Gasteiger partial charge on any atom is -0.491 e. The van der Waals surface area contributed by atoms with Gasteiger partial charge in [0.2, 0.25) is 0 Å². The van der Waals surface area contributed by atoms with Crippen molar-refractivity contribution in [2.45, 2.75) is 25.0 Å². The maximum Gasteiger partial charge on any atom is 0.190 e. The van der Waals surface area contributed by atoms with Gasteiger partial charge in [0.25, 0.3) is 0 Å². The van der Waals surface area contributed by atoms with E-state index in [1.54, 1.807) is 11.7 Å². The highest BCUT2D eigenvalue weighted by atomic mass is 32.1. The Morgan fingerprint density at radius 3 is 2.74 bits per heavy atom. The Hall–Kier alpha value is -3.43. The lowest BCUT2D eigenvalue weighted by Gasteiger charge is -2.42. The van der Waals surface area contributed by atoms with Crippen molar-refractivity contribution in [3.63, 3.8) is 0 Å². The molecular weight excluding hydrogens is 524 g/mol. The predicted octanol–water partition coefficient (Wildman–Crippen LogP) is 5.00. The molecule has 1 spiro atoms. The molecule has 39 heavy (non-hydrogen) atoms. The summed E-state index contributed by atoms with van der Waals surface area (Å²) in [5.41, 5.74) is 5.32. The fourth-order valence-corrected chi connectivity index (χ4v) is 7.05. The molecule has 2 saturated heterocycles. The van der Waals surface area contributed by atoms with Gasteiger partial charge in [-0.25, -0.2) is 13.8 Å². The van der Waals surface area contributed by atoms with Crippen LogP contribution in [0.4, 0.5) is 8.78 Å². The number of rotatable bonds is 6. The average molecular weight is 550 g/mol. The normalized spacial score (nSPS) is 21.8. The van der Waals surface area contributed by atoms with Gasteiger partial charge in [0, 0.05) is 65.9 Å². The first-order chi connectivity index (χ1) is 19.0. The highest BCUT2D eigenvalue weighted by Crippen LogP contribution is 2.51. The lowest BCUT2D eigenvalue weighted by atomic mass is 9.82. The third-order valence-electron chi connectivity index (χ3n) is 8.17.